The molecule has 1 unspecified atom stereocenters. The number of anilines is 1. The normalized spacial score (nSPS) is 19.6. The third kappa shape index (κ3) is 3.92. The van der Waals surface area contributed by atoms with Crippen LogP contribution in [0.15, 0.2) is 12.1 Å². The van der Waals surface area contributed by atoms with Crippen LogP contribution in [0.5, 0.6) is 0 Å². The van der Waals surface area contributed by atoms with Gasteiger partial charge in [0.25, 0.3) is 0 Å². The number of nitrogens with zero attached hydrogens (tertiary/aromatic N) is 3. The highest BCUT2D eigenvalue weighted by molar-refractivity contribution is 5.38. The van der Waals surface area contributed by atoms with Crippen molar-refractivity contribution in [3.63, 3.8) is 0 Å². The molecule has 1 N–H and O–H groups in total. The van der Waals surface area contributed by atoms with Crippen LogP contribution in [-0.4, -0.2) is 29.8 Å². The van der Waals surface area contributed by atoms with Crippen molar-refractivity contribution in [3.8, 4) is 0 Å². The van der Waals surface area contributed by atoms with E-state index in [1.807, 2.05) is 0 Å². The summed E-state index contributed by atoms with van der Waals surface area (Å²) >= 11 is 0. The molecule has 20 heavy (non-hydrogen) atoms. The Kier molecular flexibility index (Phi) is 4.97. The fourth-order valence-electron chi connectivity index (χ4n) is 2.68. The SMILES string of the molecule is CCCNCc1ccc(N2CCC(C(C)(C)C)C2)nn1. The van der Waals surface area contributed by atoms with Gasteiger partial charge in [-0.25, -0.2) is 0 Å². The van der Waals surface area contributed by atoms with Crippen LogP contribution in [0.4, 0.5) is 5.82 Å². The lowest BCUT2D eigenvalue weighted by Gasteiger charge is -2.27. The van der Waals surface area contributed by atoms with Gasteiger partial charge in [-0.2, -0.15) is 5.10 Å². The monoisotopic (exact) mass is 276 g/mol. The van der Waals surface area contributed by atoms with Gasteiger partial charge in [0.2, 0.25) is 0 Å². The summed E-state index contributed by atoms with van der Waals surface area (Å²) < 4.78 is 0. The maximum atomic E-state index is 4.39. The standard InChI is InChI=1S/C16H28N4/c1-5-9-17-11-14-6-7-15(19-18-14)20-10-8-13(12-20)16(2,3)4/h6-7,13,17H,5,8-12H2,1-4H3. The van der Waals surface area contributed by atoms with Gasteiger partial charge in [0, 0.05) is 19.6 Å². The second kappa shape index (κ2) is 6.53. The Morgan fingerprint density at radius 1 is 1.30 bits per heavy atom. The van der Waals surface area contributed by atoms with Crippen molar-refractivity contribution in [2.75, 3.05) is 24.5 Å². The van der Waals surface area contributed by atoms with E-state index in [1.165, 1.54) is 6.42 Å². The minimum Gasteiger partial charge on any atom is -0.355 e. The van der Waals surface area contributed by atoms with Crippen LogP contribution >= 0.6 is 0 Å². The van der Waals surface area contributed by atoms with Gasteiger partial charge in [-0.3, -0.25) is 0 Å². The Hall–Kier alpha value is -1.16. The van der Waals surface area contributed by atoms with Gasteiger partial charge in [-0.05, 0) is 42.9 Å². The predicted molar refractivity (Wildman–Crippen MR) is 83.8 cm³/mol. The van der Waals surface area contributed by atoms with Crippen molar-refractivity contribution in [1.29, 1.82) is 0 Å². The van der Waals surface area contributed by atoms with Crippen molar-refractivity contribution in [3.05, 3.63) is 17.8 Å². The maximum absolute atomic E-state index is 4.39. The molecule has 2 heterocycles. The summed E-state index contributed by atoms with van der Waals surface area (Å²) in [5, 5.41) is 12.1. The summed E-state index contributed by atoms with van der Waals surface area (Å²) in [6, 6.07) is 4.20. The zero-order valence-electron chi connectivity index (χ0n) is 13.3. The Morgan fingerprint density at radius 2 is 2.10 bits per heavy atom. The van der Waals surface area contributed by atoms with Gasteiger partial charge in [0.1, 0.15) is 0 Å². The summed E-state index contributed by atoms with van der Waals surface area (Å²) in [5.74, 6) is 1.77. The molecule has 4 heteroatoms. The minimum absolute atomic E-state index is 0.381. The number of hydrogen-bond acceptors (Lipinski definition) is 4. The zero-order chi connectivity index (χ0) is 14.6. The number of hydrogen-bond donors (Lipinski definition) is 1. The highest BCUT2D eigenvalue weighted by atomic mass is 15.3. The Bertz CT molecular complexity index is 407. The molecular formula is C16H28N4. The minimum atomic E-state index is 0.381. The molecule has 1 aromatic rings. The summed E-state index contributed by atoms with van der Waals surface area (Å²) in [6.45, 7) is 13.2. The van der Waals surface area contributed by atoms with Gasteiger partial charge in [0.15, 0.2) is 5.82 Å². The first kappa shape index (κ1) is 15.2. The lowest BCUT2D eigenvalue weighted by Crippen LogP contribution is -2.26. The molecule has 0 spiro atoms. The first-order valence-corrected chi connectivity index (χ1v) is 7.79. The van der Waals surface area contributed by atoms with Gasteiger partial charge in [0.05, 0.1) is 5.69 Å². The summed E-state index contributed by atoms with van der Waals surface area (Å²) in [4.78, 5) is 2.37. The van der Waals surface area contributed by atoms with E-state index in [9.17, 15) is 0 Å². The van der Waals surface area contributed by atoms with Crippen molar-refractivity contribution in [1.82, 2.24) is 15.5 Å². The molecule has 1 atom stereocenters. The molecule has 0 aliphatic carbocycles. The molecule has 2 rings (SSSR count). The summed E-state index contributed by atoms with van der Waals surface area (Å²) in [7, 11) is 0. The summed E-state index contributed by atoms with van der Waals surface area (Å²) in [5.41, 5.74) is 1.40. The van der Waals surface area contributed by atoms with Gasteiger partial charge >= 0.3 is 0 Å². The molecule has 0 amide bonds. The quantitative estimate of drug-likeness (QED) is 0.840. The topological polar surface area (TPSA) is 41.0 Å². The lowest BCUT2D eigenvalue weighted by molar-refractivity contribution is 0.263. The van der Waals surface area contributed by atoms with Gasteiger partial charge in [-0.15, -0.1) is 5.10 Å². The van der Waals surface area contributed by atoms with Gasteiger partial charge in [-0.1, -0.05) is 27.7 Å². The fourth-order valence-corrected chi connectivity index (χ4v) is 2.68. The molecule has 0 aromatic carbocycles. The van der Waals surface area contributed by atoms with Crippen molar-refractivity contribution in [2.45, 2.75) is 47.1 Å². The Morgan fingerprint density at radius 3 is 2.65 bits per heavy atom. The van der Waals surface area contributed by atoms with Crippen LogP contribution in [0.3, 0.4) is 0 Å². The van der Waals surface area contributed by atoms with Crippen LogP contribution in [-0.2, 0) is 6.54 Å². The third-order valence-electron chi connectivity index (χ3n) is 4.18. The second-order valence-electron chi connectivity index (χ2n) is 6.86. The van der Waals surface area contributed by atoms with Crippen molar-refractivity contribution in [2.24, 2.45) is 11.3 Å². The first-order valence-electron chi connectivity index (χ1n) is 7.79. The molecule has 1 fully saturated rings. The van der Waals surface area contributed by atoms with Crippen LogP contribution < -0.4 is 10.2 Å². The van der Waals surface area contributed by atoms with E-state index in [4.69, 9.17) is 0 Å². The molecule has 1 aliphatic rings. The molecule has 0 radical (unpaired) electrons. The fraction of sp³-hybridized carbons (Fsp3) is 0.750. The molecule has 0 saturated carbocycles. The smallest absolute Gasteiger partial charge is 0.151 e. The number of nitrogens with one attached hydrogen (secondary N) is 1. The summed E-state index contributed by atoms with van der Waals surface area (Å²) in [6.07, 6.45) is 2.40. The third-order valence-corrected chi connectivity index (χ3v) is 4.18. The molecule has 1 saturated heterocycles. The molecule has 1 aliphatic heterocycles. The van der Waals surface area contributed by atoms with E-state index in [1.54, 1.807) is 0 Å². The van der Waals surface area contributed by atoms with E-state index < -0.39 is 0 Å². The van der Waals surface area contributed by atoms with E-state index in [2.05, 4.69) is 60.2 Å². The molecule has 112 valence electrons. The highest BCUT2D eigenvalue weighted by Gasteiger charge is 2.32. The maximum Gasteiger partial charge on any atom is 0.151 e. The van der Waals surface area contributed by atoms with E-state index in [0.29, 0.717) is 5.41 Å². The van der Waals surface area contributed by atoms with E-state index >= 15 is 0 Å². The van der Waals surface area contributed by atoms with Crippen molar-refractivity contribution < 1.29 is 0 Å². The van der Waals surface area contributed by atoms with Gasteiger partial charge < -0.3 is 10.2 Å². The molecule has 1 aromatic heterocycles. The van der Waals surface area contributed by atoms with Crippen LogP contribution in [0, 0.1) is 11.3 Å². The van der Waals surface area contributed by atoms with E-state index in [-0.39, 0.29) is 0 Å². The predicted octanol–water partition coefficient (Wildman–Crippen LogP) is 2.85. The van der Waals surface area contributed by atoms with Crippen LogP contribution in [0.1, 0.15) is 46.2 Å². The molecule has 0 bridgehead atoms. The average Bonchev–Trinajstić information content (AvgIpc) is 2.89. The van der Waals surface area contributed by atoms with Crippen LogP contribution in [0.25, 0.3) is 0 Å². The molecule has 4 nitrogen and oxygen atoms in total. The van der Waals surface area contributed by atoms with E-state index in [0.717, 1.165) is 50.0 Å². The zero-order valence-corrected chi connectivity index (χ0v) is 13.3. The number of rotatable bonds is 5. The largest absolute Gasteiger partial charge is 0.355 e. The highest BCUT2D eigenvalue weighted by Crippen LogP contribution is 2.34. The van der Waals surface area contributed by atoms with Crippen molar-refractivity contribution >= 4 is 5.82 Å². The molecular weight excluding hydrogens is 248 g/mol. The first-order chi connectivity index (χ1) is 9.50. The average molecular weight is 276 g/mol. The second-order valence-corrected chi connectivity index (χ2v) is 6.86. The lowest BCUT2D eigenvalue weighted by atomic mass is 9.80. The Balaban J connectivity index is 1.91. The Labute approximate surface area is 123 Å². The number of aromatic nitrogens is 2. The van der Waals surface area contributed by atoms with Crippen LogP contribution in [0.2, 0.25) is 0 Å².